The van der Waals surface area contributed by atoms with E-state index in [1.807, 2.05) is 33.8 Å². The van der Waals surface area contributed by atoms with E-state index in [0.717, 1.165) is 16.7 Å². The lowest BCUT2D eigenvalue weighted by atomic mass is 9.98. The number of hydrogen-bond donors (Lipinski definition) is 1. The van der Waals surface area contributed by atoms with Gasteiger partial charge in [0.25, 0.3) is 0 Å². The summed E-state index contributed by atoms with van der Waals surface area (Å²) >= 11 is 0. The predicted octanol–water partition coefficient (Wildman–Crippen LogP) is 3.39. The number of aromatic nitrogens is 1. The Labute approximate surface area is 144 Å². The molecule has 130 valence electrons. The SMILES string of the molecule is CCOc1cc(C)c(C(C)C)cc1S(=O)(=O)NCc1cccnc1. The summed E-state index contributed by atoms with van der Waals surface area (Å²) in [5.74, 6) is 0.617. The lowest BCUT2D eigenvalue weighted by Crippen LogP contribution is -2.24. The Morgan fingerprint density at radius 3 is 2.62 bits per heavy atom. The average molecular weight is 348 g/mol. The van der Waals surface area contributed by atoms with Gasteiger partial charge in [-0.2, -0.15) is 0 Å². The smallest absolute Gasteiger partial charge is 0.244 e. The van der Waals surface area contributed by atoms with Crippen molar-refractivity contribution in [3.05, 3.63) is 53.3 Å². The van der Waals surface area contributed by atoms with Gasteiger partial charge in [-0.15, -0.1) is 0 Å². The van der Waals surface area contributed by atoms with Gasteiger partial charge < -0.3 is 4.74 Å². The monoisotopic (exact) mass is 348 g/mol. The molecule has 6 heteroatoms. The number of rotatable bonds is 7. The molecule has 5 nitrogen and oxygen atoms in total. The maximum atomic E-state index is 12.8. The van der Waals surface area contributed by atoms with Gasteiger partial charge in [0.2, 0.25) is 10.0 Å². The minimum atomic E-state index is -3.69. The van der Waals surface area contributed by atoms with E-state index in [-0.39, 0.29) is 17.4 Å². The normalized spacial score (nSPS) is 11.7. The Balaban J connectivity index is 2.38. The zero-order chi connectivity index (χ0) is 17.7. The van der Waals surface area contributed by atoms with Gasteiger partial charge in [0.05, 0.1) is 6.61 Å². The van der Waals surface area contributed by atoms with E-state index >= 15 is 0 Å². The van der Waals surface area contributed by atoms with Crippen molar-refractivity contribution in [1.82, 2.24) is 9.71 Å². The fourth-order valence-corrected chi connectivity index (χ4v) is 3.71. The first kappa shape index (κ1) is 18.4. The van der Waals surface area contributed by atoms with Crippen molar-refractivity contribution in [2.24, 2.45) is 0 Å². The first-order valence-corrected chi connectivity index (χ1v) is 9.49. The van der Waals surface area contributed by atoms with Crippen LogP contribution in [0.2, 0.25) is 0 Å². The number of aryl methyl sites for hydroxylation is 1. The zero-order valence-electron chi connectivity index (χ0n) is 14.5. The predicted molar refractivity (Wildman–Crippen MR) is 94.7 cm³/mol. The molecule has 0 radical (unpaired) electrons. The Hall–Kier alpha value is -1.92. The van der Waals surface area contributed by atoms with Crippen molar-refractivity contribution in [3.8, 4) is 5.75 Å². The number of sulfonamides is 1. The molecular formula is C18H24N2O3S. The summed E-state index contributed by atoms with van der Waals surface area (Å²) in [5.41, 5.74) is 2.83. The zero-order valence-corrected chi connectivity index (χ0v) is 15.4. The molecule has 0 amide bonds. The van der Waals surface area contributed by atoms with Crippen LogP contribution in [0.15, 0.2) is 41.6 Å². The fourth-order valence-electron chi connectivity index (χ4n) is 2.54. The molecule has 0 aliphatic rings. The molecule has 0 spiro atoms. The van der Waals surface area contributed by atoms with Gasteiger partial charge in [-0.05, 0) is 54.7 Å². The first-order chi connectivity index (χ1) is 11.3. The molecule has 0 fully saturated rings. The molecule has 2 aromatic rings. The quantitative estimate of drug-likeness (QED) is 0.833. The molecule has 0 bridgehead atoms. The molecule has 24 heavy (non-hydrogen) atoms. The van der Waals surface area contributed by atoms with Gasteiger partial charge in [0.15, 0.2) is 0 Å². The Morgan fingerprint density at radius 1 is 1.29 bits per heavy atom. The number of pyridine rings is 1. The van der Waals surface area contributed by atoms with E-state index in [9.17, 15) is 8.42 Å². The van der Waals surface area contributed by atoms with Gasteiger partial charge in [-0.3, -0.25) is 4.98 Å². The van der Waals surface area contributed by atoms with Crippen LogP contribution >= 0.6 is 0 Å². The molecule has 0 saturated heterocycles. The summed E-state index contributed by atoms with van der Waals surface area (Å²) < 4.78 is 33.7. The molecule has 0 aliphatic carbocycles. The second-order valence-electron chi connectivity index (χ2n) is 5.93. The Bertz CT molecular complexity index is 787. The number of nitrogens with zero attached hydrogens (tertiary/aromatic N) is 1. The Morgan fingerprint density at radius 2 is 2.04 bits per heavy atom. The van der Waals surface area contributed by atoms with E-state index < -0.39 is 10.0 Å². The third-order valence-corrected chi connectivity index (χ3v) is 5.16. The highest BCUT2D eigenvalue weighted by Crippen LogP contribution is 2.31. The molecule has 2 rings (SSSR count). The van der Waals surface area contributed by atoms with Crippen molar-refractivity contribution in [2.75, 3.05) is 6.61 Å². The fraction of sp³-hybridized carbons (Fsp3) is 0.389. The molecule has 0 saturated carbocycles. The van der Waals surface area contributed by atoms with Gasteiger partial charge >= 0.3 is 0 Å². The molecule has 0 unspecified atom stereocenters. The number of nitrogens with one attached hydrogen (secondary N) is 1. The molecule has 1 aromatic carbocycles. The molecular weight excluding hydrogens is 324 g/mol. The molecule has 1 aromatic heterocycles. The topological polar surface area (TPSA) is 68.3 Å². The molecule has 1 N–H and O–H groups in total. The van der Waals surface area contributed by atoms with Crippen molar-refractivity contribution >= 4 is 10.0 Å². The number of hydrogen-bond acceptors (Lipinski definition) is 4. The van der Waals surface area contributed by atoms with Crippen LogP contribution in [0.4, 0.5) is 0 Å². The van der Waals surface area contributed by atoms with Crippen LogP contribution < -0.4 is 9.46 Å². The molecule has 0 atom stereocenters. The van der Waals surface area contributed by atoms with Crippen LogP contribution in [0.3, 0.4) is 0 Å². The standard InChI is InChI=1S/C18H24N2O3S/c1-5-23-17-9-14(4)16(13(2)3)10-18(17)24(21,22)20-12-15-7-6-8-19-11-15/h6-11,13,20H,5,12H2,1-4H3. The van der Waals surface area contributed by atoms with Crippen LogP contribution in [0.5, 0.6) is 5.75 Å². The van der Waals surface area contributed by atoms with E-state index in [1.165, 1.54) is 0 Å². The summed E-state index contributed by atoms with van der Waals surface area (Å²) in [7, 11) is -3.69. The second-order valence-corrected chi connectivity index (χ2v) is 7.66. The van der Waals surface area contributed by atoms with E-state index in [4.69, 9.17) is 4.74 Å². The van der Waals surface area contributed by atoms with Gasteiger partial charge in [-0.25, -0.2) is 13.1 Å². The van der Waals surface area contributed by atoms with E-state index in [0.29, 0.717) is 12.4 Å². The minimum Gasteiger partial charge on any atom is -0.492 e. The van der Waals surface area contributed by atoms with Crippen molar-refractivity contribution in [3.63, 3.8) is 0 Å². The maximum absolute atomic E-state index is 12.8. The lowest BCUT2D eigenvalue weighted by Gasteiger charge is -2.17. The molecule has 0 aliphatic heterocycles. The summed E-state index contributed by atoms with van der Waals surface area (Å²) in [6.07, 6.45) is 3.29. The largest absolute Gasteiger partial charge is 0.492 e. The number of ether oxygens (including phenoxy) is 1. The summed E-state index contributed by atoms with van der Waals surface area (Å²) in [6, 6.07) is 7.12. The van der Waals surface area contributed by atoms with Crippen molar-refractivity contribution in [2.45, 2.75) is 45.1 Å². The second kappa shape index (κ2) is 7.77. The summed E-state index contributed by atoms with van der Waals surface area (Å²) in [5, 5.41) is 0. The highest BCUT2D eigenvalue weighted by atomic mass is 32.2. The third kappa shape index (κ3) is 4.33. The van der Waals surface area contributed by atoms with Crippen molar-refractivity contribution in [1.29, 1.82) is 0 Å². The third-order valence-electron chi connectivity index (χ3n) is 3.73. The van der Waals surface area contributed by atoms with Gasteiger partial charge in [0.1, 0.15) is 10.6 Å². The van der Waals surface area contributed by atoms with Crippen LogP contribution in [-0.2, 0) is 16.6 Å². The van der Waals surface area contributed by atoms with Crippen LogP contribution in [0, 0.1) is 6.92 Å². The highest BCUT2D eigenvalue weighted by Gasteiger charge is 2.22. The van der Waals surface area contributed by atoms with Crippen LogP contribution in [0.1, 0.15) is 43.4 Å². The average Bonchev–Trinajstić information content (AvgIpc) is 2.54. The minimum absolute atomic E-state index is 0.183. The highest BCUT2D eigenvalue weighted by molar-refractivity contribution is 7.89. The maximum Gasteiger partial charge on any atom is 0.244 e. The lowest BCUT2D eigenvalue weighted by molar-refractivity contribution is 0.330. The summed E-state index contributed by atoms with van der Waals surface area (Å²) in [4.78, 5) is 4.18. The number of benzene rings is 1. The Kier molecular flexibility index (Phi) is 5.96. The van der Waals surface area contributed by atoms with E-state index in [2.05, 4.69) is 9.71 Å². The van der Waals surface area contributed by atoms with Crippen LogP contribution in [0.25, 0.3) is 0 Å². The van der Waals surface area contributed by atoms with Gasteiger partial charge in [0, 0.05) is 18.9 Å². The van der Waals surface area contributed by atoms with Crippen molar-refractivity contribution < 1.29 is 13.2 Å². The summed E-state index contributed by atoms with van der Waals surface area (Å²) in [6.45, 7) is 8.49. The van der Waals surface area contributed by atoms with Gasteiger partial charge in [-0.1, -0.05) is 19.9 Å². The first-order valence-electron chi connectivity index (χ1n) is 8.01. The molecule has 1 heterocycles. The van der Waals surface area contributed by atoms with E-state index in [1.54, 1.807) is 30.6 Å². The van der Waals surface area contributed by atoms with Crippen LogP contribution in [-0.4, -0.2) is 20.0 Å².